The van der Waals surface area contributed by atoms with Gasteiger partial charge in [-0.05, 0) is 12.8 Å². The monoisotopic (exact) mass is 212 g/mol. The average molecular weight is 212 g/mol. The molecule has 0 aromatic carbocycles. The van der Waals surface area contributed by atoms with Gasteiger partial charge in [0.25, 0.3) is 0 Å². The SMILES string of the molecule is COCCNc1nnc(CNC2CC2)o1. The van der Waals surface area contributed by atoms with Crippen molar-refractivity contribution in [1.29, 1.82) is 0 Å². The summed E-state index contributed by atoms with van der Waals surface area (Å²) in [6.45, 7) is 1.95. The van der Waals surface area contributed by atoms with Gasteiger partial charge in [0.05, 0.1) is 13.2 Å². The highest BCUT2D eigenvalue weighted by atomic mass is 16.5. The van der Waals surface area contributed by atoms with Crippen molar-refractivity contribution in [2.45, 2.75) is 25.4 Å². The Morgan fingerprint density at radius 1 is 1.47 bits per heavy atom. The Labute approximate surface area is 88.4 Å². The lowest BCUT2D eigenvalue weighted by atomic mass is 10.6. The van der Waals surface area contributed by atoms with Gasteiger partial charge in [-0.15, -0.1) is 5.10 Å². The molecule has 1 fully saturated rings. The Balaban J connectivity index is 1.70. The number of methoxy groups -OCH3 is 1. The highest BCUT2D eigenvalue weighted by molar-refractivity contribution is 5.16. The molecule has 0 aliphatic heterocycles. The Hall–Kier alpha value is -1.14. The van der Waals surface area contributed by atoms with Crippen molar-refractivity contribution in [2.24, 2.45) is 0 Å². The van der Waals surface area contributed by atoms with Gasteiger partial charge in [-0.2, -0.15) is 0 Å². The third-order valence-electron chi connectivity index (χ3n) is 2.17. The normalized spacial score (nSPS) is 15.5. The zero-order chi connectivity index (χ0) is 10.5. The van der Waals surface area contributed by atoms with E-state index in [-0.39, 0.29) is 0 Å². The summed E-state index contributed by atoms with van der Waals surface area (Å²) in [5, 5.41) is 14.1. The van der Waals surface area contributed by atoms with E-state index < -0.39 is 0 Å². The highest BCUT2D eigenvalue weighted by Gasteiger charge is 2.21. The second-order valence-electron chi connectivity index (χ2n) is 3.58. The standard InChI is InChI=1S/C9H16N4O2/c1-14-5-4-10-9-13-12-8(15-9)6-11-7-2-3-7/h7,11H,2-6H2,1H3,(H,10,13). The van der Waals surface area contributed by atoms with Crippen LogP contribution in [-0.2, 0) is 11.3 Å². The molecule has 1 aromatic rings. The minimum Gasteiger partial charge on any atom is -0.407 e. The van der Waals surface area contributed by atoms with Gasteiger partial charge in [0, 0.05) is 19.7 Å². The Morgan fingerprint density at radius 2 is 2.33 bits per heavy atom. The fraction of sp³-hybridized carbons (Fsp3) is 0.778. The highest BCUT2D eigenvalue weighted by Crippen LogP contribution is 2.19. The van der Waals surface area contributed by atoms with Gasteiger partial charge in [-0.1, -0.05) is 5.10 Å². The molecule has 0 atom stereocenters. The second kappa shape index (κ2) is 5.09. The number of nitrogens with zero attached hydrogens (tertiary/aromatic N) is 2. The molecule has 15 heavy (non-hydrogen) atoms. The predicted octanol–water partition coefficient (Wildman–Crippen LogP) is 0.380. The molecule has 6 heteroatoms. The molecule has 1 heterocycles. The summed E-state index contributed by atoms with van der Waals surface area (Å²) in [5.41, 5.74) is 0. The summed E-state index contributed by atoms with van der Waals surface area (Å²) in [6.07, 6.45) is 2.51. The van der Waals surface area contributed by atoms with Crippen LogP contribution in [0.25, 0.3) is 0 Å². The maximum Gasteiger partial charge on any atom is 0.315 e. The quantitative estimate of drug-likeness (QED) is 0.637. The van der Waals surface area contributed by atoms with Crippen LogP contribution in [0.2, 0.25) is 0 Å². The van der Waals surface area contributed by atoms with Crippen molar-refractivity contribution >= 4 is 6.01 Å². The van der Waals surface area contributed by atoms with E-state index in [1.807, 2.05) is 0 Å². The van der Waals surface area contributed by atoms with Crippen LogP contribution < -0.4 is 10.6 Å². The number of rotatable bonds is 7. The van der Waals surface area contributed by atoms with Crippen LogP contribution in [0.15, 0.2) is 4.42 Å². The summed E-state index contributed by atoms with van der Waals surface area (Å²) in [6, 6.07) is 1.11. The van der Waals surface area contributed by atoms with Crippen molar-refractivity contribution in [3.63, 3.8) is 0 Å². The summed E-state index contributed by atoms with van der Waals surface area (Å²) >= 11 is 0. The lowest BCUT2D eigenvalue weighted by Crippen LogP contribution is -2.15. The largest absolute Gasteiger partial charge is 0.407 e. The van der Waals surface area contributed by atoms with E-state index in [2.05, 4.69) is 20.8 Å². The van der Waals surface area contributed by atoms with E-state index >= 15 is 0 Å². The molecule has 0 bridgehead atoms. The van der Waals surface area contributed by atoms with Crippen LogP contribution in [0, 0.1) is 0 Å². The summed E-state index contributed by atoms with van der Waals surface area (Å²) in [5.74, 6) is 0.627. The van der Waals surface area contributed by atoms with Gasteiger partial charge in [0.15, 0.2) is 0 Å². The zero-order valence-electron chi connectivity index (χ0n) is 8.82. The molecule has 0 amide bonds. The molecule has 2 N–H and O–H groups in total. The molecule has 0 spiro atoms. The lowest BCUT2D eigenvalue weighted by molar-refractivity contribution is 0.210. The van der Waals surface area contributed by atoms with Crippen LogP contribution in [0.1, 0.15) is 18.7 Å². The summed E-state index contributed by atoms with van der Waals surface area (Å²) in [4.78, 5) is 0. The van der Waals surface area contributed by atoms with Gasteiger partial charge < -0.3 is 19.8 Å². The van der Waals surface area contributed by atoms with Crippen LogP contribution in [-0.4, -0.2) is 36.5 Å². The molecule has 1 saturated carbocycles. The third-order valence-corrected chi connectivity index (χ3v) is 2.17. The van der Waals surface area contributed by atoms with E-state index in [1.54, 1.807) is 7.11 Å². The molecule has 0 saturated heterocycles. The first-order chi connectivity index (χ1) is 7.38. The number of hydrogen-bond acceptors (Lipinski definition) is 6. The number of aromatic nitrogens is 2. The molecule has 6 nitrogen and oxygen atoms in total. The zero-order valence-corrected chi connectivity index (χ0v) is 8.82. The van der Waals surface area contributed by atoms with Crippen molar-refractivity contribution in [2.75, 3.05) is 25.6 Å². The molecular weight excluding hydrogens is 196 g/mol. The topological polar surface area (TPSA) is 72.2 Å². The number of anilines is 1. The maximum absolute atomic E-state index is 5.36. The van der Waals surface area contributed by atoms with Crippen molar-refractivity contribution < 1.29 is 9.15 Å². The minimum atomic E-state index is 0.458. The predicted molar refractivity (Wildman–Crippen MR) is 54.5 cm³/mol. The first-order valence-electron chi connectivity index (χ1n) is 5.17. The molecule has 0 unspecified atom stereocenters. The third kappa shape index (κ3) is 3.49. The van der Waals surface area contributed by atoms with E-state index in [4.69, 9.17) is 9.15 Å². The fourth-order valence-electron chi connectivity index (χ4n) is 1.18. The van der Waals surface area contributed by atoms with Gasteiger partial charge in [-0.3, -0.25) is 0 Å². The maximum atomic E-state index is 5.36. The van der Waals surface area contributed by atoms with Gasteiger partial charge >= 0.3 is 6.01 Å². The van der Waals surface area contributed by atoms with E-state index in [1.165, 1.54) is 12.8 Å². The second-order valence-corrected chi connectivity index (χ2v) is 3.58. The number of nitrogens with one attached hydrogen (secondary N) is 2. The van der Waals surface area contributed by atoms with Crippen LogP contribution in [0.5, 0.6) is 0 Å². The van der Waals surface area contributed by atoms with Crippen LogP contribution in [0.3, 0.4) is 0 Å². The summed E-state index contributed by atoms with van der Waals surface area (Å²) in [7, 11) is 1.65. The first-order valence-corrected chi connectivity index (χ1v) is 5.17. The molecule has 1 aromatic heterocycles. The molecule has 1 aliphatic carbocycles. The lowest BCUT2D eigenvalue weighted by Gasteiger charge is -1.98. The molecule has 1 aliphatic rings. The molecule has 2 rings (SSSR count). The molecule has 84 valence electrons. The Kier molecular flexibility index (Phi) is 3.52. The van der Waals surface area contributed by atoms with Gasteiger partial charge in [0.1, 0.15) is 0 Å². The average Bonchev–Trinajstić information content (AvgIpc) is 2.97. The van der Waals surface area contributed by atoms with Gasteiger partial charge in [-0.25, -0.2) is 0 Å². The summed E-state index contributed by atoms with van der Waals surface area (Å²) < 4.78 is 10.2. The van der Waals surface area contributed by atoms with E-state index in [9.17, 15) is 0 Å². The van der Waals surface area contributed by atoms with Crippen LogP contribution >= 0.6 is 0 Å². The first kappa shape index (κ1) is 10.4. The molecular formula is C9H16N4O2. The van der Waals surface area contributed by atoms with E-state index in [0.717, 1.165) is 0 Å². The van der Waals surface area contributed by atoms with Crippen LogP contribution in [0.4, 0.5) is 6.01 Å². The smallest absolute Gasteiger partial charge is 0.315 e. The van der Waals surface area contributed by atoms with Gasteiger partial charge in [0.2, 0.25) is 5.89 Å². The van der Waals surface area contributed by atoms with E-state index in [0.29, 0.717) is 37.6 Å². The fourth-order valence-corrected chi connectivity index (χ4v) is 1.18. The van der Waals surface area contributed by atoms with Crippen molar-refractivity contribution in [3.8, 4) is 0 Å². The number of ether oxygens (including phenoxy) is 1. The minimum absolute atomic E-state index is 0.458. The van der Waals surface area contributed by atoms with Crippen molar-refractivity contribution in [1.82, 2.24) is 15.5 Å². The Morgan fingerprint density at radius 3 is 3.07 bits per heavy atom. The van der Waals surface area contributed by atoms with Crippen molar-refractivity contribution in [3.05, 3.63) is 5.89 Å². The number of hydrogen-bond donors (Lipinski definition) is 2. The Bertz CT molecular complexity index is 298. The molecule has 0 radical (unpaired) electrons.